The highest BCUT2D eigenvalue weighted by molar-refractivity contribution is 5.82. The van der Waals surface area contributed by atoms with Gasteiger partial charge in [0.25, 0.3) is 0 Å². The number of esters is 1. The molecular weight excluding hydrogens is 264 g/mol. The Morgan fingerprint density at radius 1 is 1.33 bits per heavy atom. The summed E-state index contributed by atoms with van der Waals surface area (Å²) in [5.41, 5.74) is 0.171. The largest absolute Gasteiger partial charge is 0.467 e. The summed E-state index contributed by atoms with van der Waals surface area (Å²) in [5.74, 6) is -0.229. The molecule has 118 valence electrons. The molecule has 0 bridgehead atoms. The van der Waals surface area contributed by atoms with E-state index in [1.165, 1.54) is 7.11 Å². The third kappa shape index (κ3) is 4.29. The van der Waals surface area contributed by atoms with E-state index in [-0.39, 0.29) is 5.97 Å². The number of carbonyl (C=O) groups is 1. The molecule has 0 saturated heterocycles. The molecule has 4 heteroatoms. The molecule has 0 radical (unpaired) electrons. The van der Waals surface area contributed by atoms with Crippen LogP contribution in [0.4, 0.5) is 0 Å². The number of ether oxygens (including phenoxy) is 1. The summed E-state index contributed by atoms with van der Waals surface area (Å²) in [7, 11) is 3.52. The van der Waals surface area contributed by atoms with Crippen LogP contribution in [-0.2, 0) is 15.1 Å². The molecule has 1 aromatic carbocycles. The number of nitrogens with one attached hydrogen (secondary N) is 1. The van der Waals surface area contributed by atoms with Gasteiger partial charge >= 0.3 is 5.97 Å². The molecule has 1 aromatic rings. The number of hydrogen-bond donors (Lipinski definition) is 1. The molecular formula is C17H28N2O2. The lowest BCUT2D eigenvalue weighted by atomic mass is 9.86. The fourth-order valence-corrected chi connectivity index (χ4v) is 2.43. The predicted octanol–water partition coefficient (Wildman–Crippen LogP) is 2.39. The second-order valence-corrected chi connectivity index (χ2v) is 5.62. The van der Waals surface area contributed by atoms with Gasteiger partial charge in [0.1, 0.15) is 5.54 Å². The summed E-state index contributed by atoms with van der Waals surface area (Å²) in [5, 5.41) is 3.36. The fourth-order valence-electron chi connectivity index (χ4n) is 2.43. The quantitative estimate of drug-likeness (QED) is 0.747. The average molecular weight is 292 g/mol. The van der Waals surface area contributed by atoms with Gasteiger partial charge in [-0.15, -0.1) is 0 Å². The predicted molar refractivity (Wildman–Crippen MR) is 86.2 cm³/mol. The zero-order chi connectivity index (χ0) is 15.9. The van der Waals surface area contributed by atoms with E-state index in [2.05, 4.69) is 31.1 Å². The van der Waals surface area contributed by atoms with Crippen LogP contribution in [0.2, 0.25) is 0 Å². The lowest BCUT2D eigenvalue weighted by Crippen LogP contribution is -2.51. The fraction of sp³-hybridized carbons (Fsp3) is 0.588. The van der Waals surface area contributed by atoms with E-state index < -0.39 is 5.54 Å². The van der Waals surface area contributed by atoms with Gasteiger partial charge in [-0.25, -0.2) is 4.79 Å². The van der Waals surface area contributed by atoms with Crippen LogP contribution in [-0.4, -0.2) is 44.2 Å². The molecule has 0 aliphatic heterocycles. The molecule has 0 amide bonds. The van der Waals surface area contributed by atoms with Gasteiger partial charge in [-0.3, -0.25) is 5.32 Å². The summed E-state index contributed by atoms with van der Waals surface area (Å²) in [6.45, 7) is 7.82. The highest BCUT2D eigenvalue weighted by Crippen LogP contribution is 2.27. The van der Waals surface area contributed by atoms with Gasteiger partial charge in [-0.2, -0.15) is 0 Å². The molecule has 0 saturated carbocycles. The molecule has 1 N–H and O–H groups in total. The van der Waals surface area contributed by atoms with E-state index in [4.69, 9.17) is 4.74 Å². The van der Waals surface area contributed by atoms with Crippen LogP contribution in [0.5, 0.6) is 0 Å². The van der Waals surface area contributed by atoms with Crippen LogP contribution in [0.3, 0.4) is 0 Å². The highest BCUT2D eigenvalue weighted by atomic mass is 16.5. The van der Waals surface area contributed by atoms with E-state index in [1.54, 1.807) is 0 Å². The Morgan fingerprint density at radius 2 is 1.95 bits per heavy atom. The number of methoxy groups -OCH3 is 1. The van der Waals surface area contributed by atoms with E-state index in [9.17, 15) is 4.79 Å². The minimum Gasteiger partial charge on any atom is -0.467 e. The third-order valence-electron chi connectivity index (χ3n) is 4.00. The van der Waals surface area contributed by atoms with Crippen molar-refractivity contribution in [2.45, 2.75) is 38.8 Å². The Kier molecular flexibility index (Phi) is 6.85. The van der Waals surface area contributed by atoms with Crippen molar-refractivity contribution in [3.63, 3.8) is 0 Å². The maximum atomic E-state index is 12.5. The number of benzene rings is 1. The van der Waals surface area contributed by atoms with Crippen LogP contribution in [0, 0.1) is 0 Å². The minimum absolute atomic E-state index is 0.229. The topological polar surface area (TPSA) is 41.6 Å². The van der Waals surface area contributed by atoms with E-state index >= 15 is 0 Å². The number of carbonyl (C=O) groups excluding carboxylic acids is 1. The Balaban J connectivity index is 3.10. The zero-order valence-electron chi connectivity index (χ0n) is 13.8. The highest BCUT2D eigenvalue weighted by Gasteiger charge is 2.40. The SMILES string of the molecule is CCNC(CCN(C)C(C)C)(C(=O)OC)c1ccccc1. The minimum atomic E-state index is -0.784. The maximum Gasteiger partial charge on any atom is 0.330 e. The van der Waals surface area contributed by atoms with Crippen molar-refractivity contribution in [2.75, 3.05) is 27.2 Å². The molecule has 0 fully saturated rings. The summed E-state index contributed by atoms with van der Waals surface area (Å²) >= 11 is 0. The Bertz CT molecular complexity index is 434. The lowest BCUT2D eigenvalue weighted by molar-refractivity contribution is -0.149. The summed E-state index contributed by atoms with van der Waals surface area (Å²) in [4.78, 5) is 14.7. The smallest absolute Gasteiger partial charge is 0.330 e. The van der Waals surface area contributed by atoms with Gasteiger partial charge < -0.3 is 9.64 Å². The van der Waals surface area contributed by atoms with E-state index in [0.717, 1.165) is 12.1 Å². The Hall–Kier alpha value is -1.39. The van der Waals surface area contributed by atoms with Crippen LogP contribution in [0.1, 0.15) is 32.8 Å². The lowest BCUT2D eigenvalue weighted by Gasteiger charge is -2.34. The zero-order valence-corrected chi connectivity index (χ0v) is 13.8. The summed E-state index contributed by atoms with van der Waals surface area (Å²) < 4.78 is 5.10. The van der Waals surface area contributed by atoms with Gasteiger partial charge in [0, 0.05) is 12.6 Å². The second-order valence-electron chi connectivity index (χ2n) is 5.62. The molecule has 1 atom stereocenters. The van der Waals surface area contributed by atoms with Crippen molar-refractivity contribution in [3.8, 4) is 0 Å². The second kappa shape index (κ2) is 8.15. The number of nitrogens with zero attached hydrogens (tertiary/aromatic N) is 1. The van der Waals surface area contributed by atoms with Gasteiger partial charge in [0.2, 0.25) is 0 Å². The molecule has 4 nitrogen and oxygen atoms in total. The average Bonchev–Trinajstić information content (AvgIpc) is 2.51. The van der Waals surface area contributed by atoms with E-state index in [0.29, 0.717) is 19.0 Å². The van der Waals surface area contributed by atoms with Gasteiger partial charge in [-0.1, -0.05) is 37.3 Å². The van der Waals surface area contributed by atoms with Crippen molar-refractivity contribution in [2.24, 2.45) is 0 Å². The van der Waals surface area contributed by atoms with Crippen LogP contribution < -0.4 is 5.32 Å². The molecule has 0 spiro atoms. The number of rotatable bonds is 8. The Morgan fingerprint density at radius 3 is 2.43 bits per heavy atom. The number of likely N-dealkylation sites (N-methyl/N-ethyl adjacent to an activating group) is 1. The molecule has 0 heterocycles. The van der Waals surface area contributed by atoms with Gasteiger partial charge in [0.15, 0.2) is 0 Å². The normalized spacial score (nSPS) is 14.2. The maximum absolute atomic E-state index is 12.5. The van der Waals surface area contributed by atoms with Crippen molar-refractivity contribution in [3.05, 3.63) is 35.9 Å². The monoisotopic (exact) mass is 292 g/mol. The van der Waals surface area contributed by atoms with Crippen molar-refractivity contribution in [1.82, 2.24) is 10.2 Å². The first-order chi connectivity index (χ1) is 9.97. The molecule has 1 rings (SSSR count). The van der Waals surface area contributed by atoms with Crippen LogP contribution >= 0.6 is 0 Å². The molecule has 21 heavy (non-hydrogen) atoms. The summed E-state index contributed by atoms with van der Waals surface area (Å²) in [6.07, 6.45) is 0.673. The Labute approximate surface area is 128 Å². The van der Waals surface area contributed by atoms with Crippen LogP contribution in [0.25, 0.3) is 0 Å². The van der Waals surface area contributed by atoms with Gasteiger partial charge in [-0.05, 0) is 39.4 Å². The first-order valence-electron chi connectivity index (χ1n) is 7.57. The molecule has 0 aliphatic rings. The first kappa shape index (κ1) is 17.7. The van der Waals surface area contributed by atoms with Crippen molar-refractivity contribution < 1.29 is 9.53 Å². The third-order valence-corrected chi connectivity index (χ3v) is 4.00. The van der Waals surface area contributed by atoms with Crippen molar-refractivity contribution in [1.29, 1.82) is 0 Å². The van der Waals surface area contributed by atoms with Crippen LogP contribution in [0.15, 0.2) is 30.3 Å². The first-order valence-corrected chi connectivity index (χ1v) is 7.57. The summed E-state index contributed by atoms with van der Waals surface area (Å²) in [6, 6.07) is 10.3. The molecule has 0 aromatic heterocycles. The van der Waals surface area contributed by atoms with Crippen molar-refractivity contribution >= 4 is 5.97 Å². The standard InChI is InChI=1S/C17H28N2O2/c1-6-18-17(16(20)21-5,12-13-19(4)14(2)3)15-10-8-7-9-11-15/h7-11,14,18H,6,12-13H2,1-5H3. The molecule has 0 aliphatic carbocycles. The van der Waals surface area contributed by atoms with E-state index in [1.807, 2.05) is 37.3 Å². The van der Waals surface area contributed by atoms with Gasteiger partial charge in [0.05, 0.1) is 7.11 Å². The molecule has 1 unspecified atom stereocenters. The number of hydrogen-bond acceptors (Lipinski definition) is 4.